The molecule has 1 aliphatic rings. The number of benzene rings is 1. The van der Waals surface area contributed by atoms with Crippen LogP contribution in [0, 0.1) is 6.92 Å². The maximum absolute atomic E-state index is 12.6. The summed E-state index contributed by atoms with van der Waals surface area (Å²) in [5, 5.41) is 10.9. The summed E-state index contributed by atoms with van der Waals surface area (Å²) in [5.74, 6) is 0.629. The van der Waals surface area contributed by atoms with E-state index < -0.39 is 6.10 Å². The molecule has 118 valence electrons. The zero-order valence-corrected chi connectivity index (χ0v) is 12.7. The lowest BCUT2D eigenvalue weighted by molar-refractivity contribution is 0.0112. The molecule has 0 spiro atoms. The molecule has 1 saturated heterocycles. The van der Waals surface area contributed by atoms with E-state index in [2.05, 4.69) is 9.88 Å². The van der Waals surface area contributed by atoms with E-state index >= 15 is 0 Å². The van der Waals surface area contributed by atoms with E-state index in [1.54, 1.807) is 17.6 Å². The van der Waals surface area contributed by atoms with Crippen molar-refractivity contribution in [1.29, 1.82) is 0 Å². The SMILES string of the molecule is Cc1nc2ccccc2c(=O)n1C[C@@H](O)CN1CCOCC1. The first-order chi connectivity index (χ1) is 10.6. The molecule has 3 rings (SSSR count). The van der Waals surface area contributed by atoms with Gasteiger partial charge >= 0.3 is 0 Å². The number of β-amino-alcohol motifs (C(OH)–C–C–N with tert-alkyl or cyclic N) is 1. The summed E-state index contributed by atoms with van der Waals surface area (Å²) in [6.45, 7) is 5.64. The quantitative estimate of drug-likeness (QED) is 0.885. The Morgan fingerprint density at radius 3 is 2.77 bits per heavy atom. The summed E-state index contributed by atoms with van der Waals surface area (Å²) >= 11 is 0. The molecule has 1 fully saturated rings. The first-order valence-electron chi connectivity index (χ1n) is 7.59. The summed E-state index contributed by atoms with van der Waals surface area (Å²) in [6.07, 6.45) is -0.600. The third-order valence-corrected chi connectivity index (χ3v) is 4.02. The Bertz CT molecular complexity index is 707. The zero-order chi connectivity index (χ0) is 15.5. The summed E-state index contributed by atoms with van der Waals surface area (Å²) < 4.78 is 6.86. The lowest BCUT2D eigenvalue weighted by atomic mass is 10.2. The summed E-state index contributed by atoms with van der Waals surface area (Å²) in [4.78, 5) is 19.2. The summed E-state index contributed by atoms with van der Waals surface area (Å²) in [5.41, 5.74) is 0.605. The Labute approximate surface area is 129 Å². The number of nitrogens with zero attached hydrogens (tertiary/aromatic N) is 3. The summed E-state index contributed by atoms with van der Waals surface area (Å²) in [7, 11) is 0. The van der Waals surface area contributed by atoms with Gasteiger partial charge in [0.1, 0.15) is 5.82 Å². The average Bonchev–Trinajstić information content (AvgIpc) is 2.52. The number of hydrogen-bond donors (Lipinski definition) is 1. The van der Waals surface area contributed by atoms with Crippen molar-refractivity contribution in [3.8, 4) is 0 Å². The molecule has 2 heterocycles. The molecule has 6 heteroatoms. The molecule has 1 aromatic carbocycles. The van der Waals surface area contributed by atoms with Crippen LogP contribution in [0.15, 0.2) is 29.1 Å². The van der Waals surface area contributed by atoms with Crippen LogP contribution in [-0.2, 0) is 11.3 Å². The Kier molecular flexibility index (Phi) is 4.52. The molecule has 1 aliphatic heterocycles. The fourth-order valence-corrected chi connectivity index (χ4v) is 2.84. The van der Waals surface area contributed by atoms with Crippen molar-refractivity contribution in [1.82, 2.24) is 14.5 Å². The van der Waals surface area contributed by atoms with Crippen LogP contribution in [0.4, 0.5) is 0 Å². The largest absolute Gasteiger partial charge is 0.390 e. The molecule has 2 aromatic rings. The number of rotatable bonds is 4. The second-order valence-corrected chi connectivity index (χ2v) is 5.66. The number of aryl methyl sites for hydroxylation is 1. The van der Waals surface area contributed by atoms with Crippen molar-refractivity contribution in [3.63, 3.8) is 0 Å². The number of aliphatic hydroxyl groups excluding tert-OH is 1. The standard InChI is InChI=1S/C16H21N3O3/c1-12-17-15-5-3-2-4-14(15)16(21)19(12)11-13(20)10-18-6-8-22-9-7-18/h2-5,13,20H,6-11H2,1H3/t13-/m0/s1. The van der Waals surface area contributed by atoms with Gasteiger partial charge in [0.15, 0.2) is 0 Å². The van der Waals surface area contributed by atoms with E-state index in [0.717, 1.165) is 13.1 Å². The van der Waals surface area contributed by atoms with Gasteiger partial charge in [0.25, 0.3) is 5.56 Å². The first-order valence-corrected chi connectivity index (χ1v) is 7.59. The van der Waals surface area contributed by atoms with Gasteiger partial charge in [-0.1, -0.05) is 12.1 Å². The van der Waals surface area contributed by atoms with Gasteiger partial charge in [-0.3, -0.25) is 14.3 Å². The normalized spacial score (nSPS) is 17.7. The van der Waals surface area contributed by atoms with Gasteiger partial charge in [-0.05, 0) is 19.1 Å². The number of morpholine rings is 1. The van der Waals surface area contributed by atoms with Crippen LogP contribution in [0.3, 0.4) is 0 Å². The van der Waals surface area contributed by atoms with Crippen molar-refractivity contribution in [3.05, 3.63) is 40.4 Å². The topological polar surface area (TPSA) is 67.6 Å². The van der Waals surface area contributed by atoms with Crippen molar-refractivity contribution >= 4 is 10.9 Å². The molecular weight excluding hydrogens is 282 g/mol. The highest BCUT2D eigenvalue weighted by Gasteiger charge is 2.17. The number of para-hydroxylation sites is 1. The molecule has 22 heavy (non-hydrogen) atoms. The lowest BCUT2D eigenvalue weighted by Gasteiger charge is -2.28. The highest BCUT2D eigenvalue weighted by molar-refractivity contribution is 5.77. The molecular formula is C16H21N3O3. The summed E-state index contributed by atoms with van der Waals surface area (Å²) in [6, 6.07) is 7.30. The molecule has 0 saturated carbocycles. The van der Waals surface area contributed by atoms with E-state index in [1.807, 2.05) is 18.2 Å². The molecule has 6 nitrogen and oxygen atoms in total. The van der Waals surface area contributed by atoms with Crippen LogP contribution in [0.25, 0.3) is 10.9 Å². The molecule has 0 radical (unpaired) electrons. The van der Waals surface area contributed by atoms with Crippen molar-refractivity contribution in [2.75, 3.05) is 32.8 Å². The van der Waals surface area contributed by atoms with Gasteiger partial charge in [-0.15, -0.1) is 0 Å². The minimum absolute atomic E-state index is 0.0934. The fraction of sp³-hybridized carbons (Fsp3) is 0.500. The second kappa shape index (κ2) is 6.56. The van der Waals surface area contributed by atoms with Gasteiger partial charge < -0.3 is 9.84 Å². The predicted molar refractivity (Wildman–Crippen MR) is 84.0 cm³/mol. The Morgan fingerprint density at radius 2 is 2.00 bits per heavy atom. The van der Waals surface area contributed by atoms with Crippen molar-refractivity contribution < 1.29 is 9.84 Å². The molecule has 0 amide bonds. The monoisotopic (exact) mass is 303 g/mol. The van der Waals surface area contributed by atoms with Gasteiger partial charge in [0.05, 0.1) is 36.8 Å². The second-order valence-electron chi connectivity index (χ2n) is 5.66. The molecule has 1 N–H and O–H groups in total. The van der Waals surface area contributed by atoms with Crippen LogP contribution < -0.4 is 5.56 Å². The minimum atomic E-state index is -0.600. The third-order valence-electron chi connectivity index (χ3n) is 4.02. The van der Waals surface area contributed by atoms with Crippen molar-refractivity contribution in [2.24, 2.45) is 0 Å². The minimum Gasteiger partial charge on any atom is -0.390 e. The van der Waals surface area contributed by atoms with Gasteiger partial charge in [0, 0.05) is 19.6 Å². The first kappa shape index (κ1) is 15.1. The number of ether oxygens (including phenoxy) is 1. The smallest absolute Gasteiger partial charge is 0.261 e. The van der Waals surface area contributed by atoms with E-state index in [9.17, 15) is 9.90 Å². The lowest BCUT2D eigenvalue weighted by Crippen LogP contribution is -2.43. The highest BCUT2D eigenvalue weighted by atomic mass is 16.5. The Morgan fingerprint density at radius 1 is 1.27 bits per heavy atom. The van der Waals surface area contributed by atoms with Crippen LogP contribution in [-0.4, -0.2) is 58.5 Å². The van der Waals surface area contributed by atoms with Crippen LogP contribution in [0.1, 0.15) is 5.82 Å². The molecule has 1 aromatic heterocycles. The van der Waals surface area contributed by atoms with E-state index in [1.165, 1.54) is 0 Å². The van der Waals surface area contributed by atoms with Crippen LogP contribution >= 0.6 is 0 Å². The van der Waals surface area contributed by atoms with E-state index in [-0.39, 0.29) is 12.1 Å². The Balaban J connectivity index is 1.79. The highest BCUT2D eigenvalue weighted by Crippen LogP contribution is 2.08. The van der Waals surface area contributed by atoms with Gasteiger partial charge in [-0.25, -0.2) is 4.98 Å². The molecule has 0 bridgehead atoms. The predicted octanol–water partition coefficient (Wildman–Crippen LogP) is 0.398. The van der Waals surface area contributed by atoms with Gasteiger partial charge in [0.2, 0.25) is 0 Å². The zero-order valence-electron chi connectivity index (χ0n) is 12.7. The van der Waals surface area contributed by atoms with Gasteiger partial charge in [-0.2, -0.15) is 0 Å². The Hall–Kier alpha value is -1.76. The van der Waals surface area contributed by atoms with Crippen LogP contribution in [0.5, 0.6) is 0 Å². The maximum Gasteiger partial charge on any atom is 0.261 e. The van der Waals surface area contributed by atoms with E-state index in [4.69, 9.17) is 4.74 Å². The number of hydrogen-bond acceptors (Lipinski definition) is 5. The average molecular weight is 303 g/mol. The number of aliphatic hydroxyl groups is 1. The maximum atomic E-state index is 12.6. The number of aromatic nitrogens is 2. The molecule has 1 atom stereocenters. The van der Waals surface area contributed by atoms with Crippen LogP contribution in [0.2, 0.25) is 0 Å². The third kappa shape index (κ3) is 3.19. The van der Waals surface area contributed by atoms with E-state index in [0.29, 0.717) is 36.5 Å². The molecule has 0 aliphatic carbocycles. The molecule has 0 unspecified atom stereocenters. The number of fused-ring (bicyclic) bond motifs is 1. The van der Waals surface area contributed by atoms with Crippen molar-refractivity contribution in [2.45, 2.75) is 19.6 Å². The fourth-order valence-electron chi connectivity index (χ4n) is 2.84.